The number of benzene rings is 4. The Bertz CT molecular complexity index is 2010. The Morgan fingerprint density at radius 1 is 0.756 bits per heavy atom. The zero-order valence-electron chi connectivity index (χ0n) is 23.0. The quantitative estimate of drug-likeness (QED) is 0.223. The average Bonchev–Trinajstić information content (AvgIpc) is 3.61. The third kappa shape index (κ3) is 4.41. The monoisotopic (exact) mass is 552 g/mol. The number of nitrogens with one attached hydrogen (secondary N) is 1. The highest BCUT2D eigenvalue weighted by Gasteiger charge is 2.24. The molecule has 4 nitrogen and oxygen atoms in total. The molecule has 3 aromatic heterocycles. The Morgan fingerprint density at radius 2 is 1.37 bits per heavy atom. The van der Waals surface area contributed by atoms with Gasteiger partial charge in [0.1, 0.15) is 0 Å². The highest BCUT2D eigenvalue weighted by atomic mass is 35.5. The minimum atomic E-state index is 0.517. The highest BCUT2D eigenvalue weighted by molar-refractivity contribution is 6.33. The van der Waals surface area contributed by atoms with Crippen molar-refractivity contribution in [3.63, 3.8) is 0 Å². The summed E-state index contributed by atoms with van der Waals surface area (Å²) < 4.78 is 1.96. The number of pyridine rings is 1. The molecule has 0 amide bonds. The second-order valence-corrected chi connectivity index (χ2v) is 10.8. The lowest BCUT2D eigenvalue weighted by molar-refractivity contribution is 0.866. The van der Waals surface area contributed by atoms with Gasteiger partial charge in [-0.05, 0) is 58.9 Å². The average molecular weight is 553 g/mol. The number of H-pyrrole nitrogens is 1. The van der Waals surface area contributed by atoms with Gasteiger partial charge < -0.3 is 4.98 Å². The fourth-order valence-electron chi connectivity index (χ4n) is 5.87. The lowest BCUT2D eigenvalue weighted by Gasteiger charge is -2.15. The van der Waals surface area contributed by atoms with E-state index in [1.807, 2.05) is 16.6 Å². The smallest absolute Gasteiger partial charge is 0.159 e. The highest BCUT2D eigenvalue weighted by Crippen LogP contribution is 2.46. The van der Waals surface area contributed by atoms with Gasteiger partial charge >= 0.3 is 0 Å². The Labute approximate surface area is 244 Å². The van der Waals surface area contributed by atoms with Crippen LogP contribution in [-0.2, 0) is 12.8 Å². The summed E-state index contributed by atoms with van der Waals surface area (Å²) >= 11 is 7.17. The van der Waals surface area contributed by atoms with Crippen molar-refractivity contribution in [2.45, 2.75) is 26.7 Å². The molecule has 0 aliphatic carbocycles. The van der Waals surface area contributed by atoms with Gasteiger partial charge in [-0.15, -0.1) is 0 Å². The van der Waals surface area contributed by atoms with E-state index in [0.717, 1.165) is 73.6 Å². The van der Waals surface area contributed by atoms with Crippen LogP contribution in [0.5, 0.6) is 0 Å². The lowest BCUT2D eigenvalue weighted by atomic mass is 9.89. The molecule has 0 radical (unpaired) electrons. The predicted octanol–water partition coefficient (Wildman–Crippen LogP) is 9.33. The molecule has 0 atom stereocenters. The maximum absolute atomic E-state index is 7.17. The fraction of sp³-hybridized carbons (Fsp3) is 0.111. The number of halogens is 1. The molecule has 0 spiro atoms. The molecule has 7 aromatic rings. The van der Waals surface area contributed by atoms with E-state index in [1.165, 1.54) is 5.56 Å². The zero-order chi connectivity index (χ0) is 27.9. The van der Waals surface area contributed by atoms with E-state index in [1.54, 1.807) is 0 Å². The minimum absolute atomic E-state index is 0.517. The Kier molecular flexibility index (Phi) is 6.41. The van der Waals surface area contributed by atoms with Gasteiger partial charge in [0.15, 0.2) is 11.5 Å². The SMILES string of the molecule is CCc1ccc(C)n2nc(Cc3c(Cl)cc4[nH]c(-c5ccccc5)c(-c5ccccc5)c4c3-c3ccccc3)nc12. The number of aromatic amines is 1. The number of aryl methyl sites for hydroxylation is 2. The Hall–Kier alpha value is -4.67. The number of rotatable bonds is 6. The van der Waals surface area contributed by atoms with Crippen molar-refractivity contribution < 1.29 is 0 Å². The fourth-order valence-corrected chi connectivity index (χ4v) is 6.14. The first kappa shape index (κ1) is 25.3. The van der Waals surface area contributed by atoms with Crippen molar-refractivity contribution in [2.75, 3.05) is 0 Å². The summed E-state index contributed by atoms with van der Waals surface area (Å²) in [4.78, 5) is 8.76. The van der Waals surface area contributed by atoms with Crippen LogP contribution in [0.15, 0.2) is 109 Å². The number of fused-ring (bicyclic) bond motifs is 2. The van der Waals surface area contributed by atoms with Crippen LogP contribution >= 0.6 is 11.6 Å². The molecule has 5 heteroatoms. The van der Waals surface area contributed by atoms with E-state index in [-0.39, 0.29) is 0 Å². The largest absolute Gasteiger partial charge is 0.354 e. The van der Waals surface area contributed by atoms with Crippen molar-refractivity contribution in [3.05, 3.63) is 137 Å². The summed E-state index contributed by atoms with van der Waals surface area (Å²) in [7, 11) is 0. The summed E-state index contributed by atoms with van der Waals surface area (Å²) in [6.07, 6.45) is 1.42. The molecule has 3 heterocycles. The van der Waals surface area contributed by atoms with Crippen LogP contribution in [0.3, 0.4) is 0 Å². The third-order valence-electron chi connectivity index (χ3n) is 7.84. The van der Waals surface area contributed by atoms with E-state index in [4.69, 9.17) is 21.7 Å². The van der Waals surface area contributed by atoms with Gasteiger partial charge in [0.25, 0.3) is 0 Å². The Morgan fingerprint density at radius 3 is 2.00 bits per heavy atom. The second kappa shape index (κ2) is 10.4. The molecule has 0 fully saturated rings. The van der Waals surface area contributed by atoms with E-state index in [2.05, 4.69) is 116 Å². The summed E-state index contributed by atoms with van der Waals surface area (Å²) in [6.45, 7) is 4.22. The van der Waals surface area contributed by atoms with Crippen LogP contribution in [0, 0.1) is 6.92 Å². The first-order valence-corrected chi connectivity index (χ1v) is 14.4. The van der Waals surface area contributed by atoms with Crippen molar-refractivity contribution >= 4 is 28.2 Å². The van der Waals surface area contributed by atoms with Gasteiger partial charge in [0.2, 0.25) is 0 Å². The maximum atomic E-state index is 7.17. The minimum Gasteiger partial charge on any atom is -0.354 e. The molecule has 41 heavy (non-hydrogen) atoms. The van der Waals surface area contributed by atoms with Crippen LogP contribution in [-0.4, -0.2) is 19.6 Å². The molecule has 0 unspecified atom stereocenters. The lowest BCUT2D eigenvalue weighted by Crippen LogP contribution is -1.99. The molecule has 0 aliphatic heterocycles. The molecular formula is C36H29ClN4. The summed E-state index contributed by atoms with van der Waals surface area (Å²) in [5, 5.41) is 6.79. The molecule has 0 bridgehead atoms. The van der Waals surface area contributed by atoms with Gasteiger partial charge in [0, 0.05) is 33.6 Å². The predicted molar refractivity (Wildman–Crippen MR) is 170 cm³/mol. The van der Waals surface area contributed by atoms with Crippen molar-refractivity contribution in [2.24, 2.45) is 0 Å². The van der Waals surface area contributed by atoms with Gasteiger partial charge in [-0.2, -0.15) is 5.10 Å². The number of hydrogen-bond acceptors (Lipinski definition) is 2. The molecule has 7 rings (SSSR count). The molecular weight excluding hydrogens is 524 g/mol. The molecule has 4 aromatic carbocycles. The third-order valence-corrected chi connectivity index (χ3v) is 8.18. The maximum Gasteiger partial charge on any atom is 0.159 e. The van der Waals surface area contributed by atoms with Crippen LogP contribution in [0.4, 0.5) is 0 Å². The molecule has 200 valence electrons. The van der Waals surface area contributed by atoms with Crippen LogP contribution < -0.4 is 0 Å². The Balaban J connectivity index is 1.54. The number of nitrogens with zero attached hydrogens (tertiary/aromatic N) is 3. The standard InChI is InChI=1S/C36H29ClN4/c1-3-24-20-19-23(2)41-36(24)39-31(40-41)21-28-29(37)22-30-34(32(28)25-13-7-4-8-14-25)33(26-15-9-5-10-16-26)35(38-30)27-17-11-6-12-18-27/h4-20,22,38H,3,21H2,1-2H3. The van der Waals surface area contributed by atoms with Gasteiger partial charge in [0.05, 0.1) is 5.69 Å². The van der Waals surface area contributed by atoms with Gasteiger partial charge in [-0.1, -0.05) is 116 Å². The zero-order valence-corrected chi connectivity index (χ0v) is 23.8. The van der Waals surface area contributed by atoms with Crippen molar-refractivity contribution in [1.29, 1.82) is 0 Å². The van der Waals surface area contributed by atoms with Gasteiger partial charge in [-0.25, -0.2) is 9.50 Å². The van der Waals surface area contributed by atoms with E-state index >= 15 is 0 Å². The molecule has 0 saturated carbocycles. The molecule has 0 aliphatic rings. The molecule has 0 saturated heterocycles. The van der Waals surface area contributed by atoms with Crippen molar-refractivity contribution in [3.8, 4) is 33.5 Å². The summed E-state index contributed by atoms with van der Waals surface area (Å²) in [6, 6.07) is 38.0. The van der Waals surface area contributed by atoms with E-state index < -0.39 is 0 Å². The van der Waals surface area contributed by atoms with E-state index in [9.17, 15) is 0 Å². The van der Waals surface area contributed by atoms with Crippen LogP contribution in [0.2, 0.25) is 5.02 Å². The first-order chi connectivity index (χ1) is 20.1. The summed E-state index contributed by atoms with van der Waals surface area (Å²) in [5.41, 5.74) is 11.9. The number of hydrogen-bond donors (Lipinski definition) is 1. The topological polar surface area (TPSA) is 46.0 Å². The summed E-state index contributed by atoms with van der Waals surface area (Å²) in [5.74, 6) is 0.757. The normalized spacial score (nSPS) is 11.5. The van der Waals surface area contributed by atoms with Gasteiger partial charge in [-0.3, -0.25) is 0 Å². The first-order valence-electron chi connectivity index (χ1n) is 14.0. The van der Waals surface area contributed by atoms with Crippen LogP contribution in [0.1, 0.15) is 29.6 Å². The molecule has 1 N–H and O–H groups in total. The van der Waals surface area contributed by atoms with E-state index in [0.29, 0.717) is 11.4 Å². The number of aromatic nitrogens is 4. The van der Waals surface area contributed by atoms with Crippen molar-refractivity contribution in [1.82, 2.24) is 19.6 Å². The second-order valence-electron chi connectivity index (χ2n) is 10.4. The van der Waals surface area contributed by atoms with Crippen LogP contribution in [0.25, 0.3) is 50.1 Å².